The van der Waals surface area contributed by atoms with Crippen LogP contribution in [0, 0.1) is 24.7 Å². The van der Waals surface area contributed by atoms with E-state index in [0.717, 1.165) is 37.0 Å². The van der Waals surface area contributed by atoms with E-state index in [9.17, 15) is 0 Å². The zero-order valence-corrected chi connectivity index (χ0v) is 14.4. The first kappa shape index (κ1) is 15.6. The molecular formula is C20H30N2O. The first-order chi connectivity index (χ1) is 11.3. The highest BCUT2D eigenvalue weighted by Crippen LogP contribution is 2.42. The third-order valence-corrected chi connectivity index (χ3v) is 6.43. The van der Waals surface area contributed by atoms with Crippen molar-refractivity contribution in [3.8, 4) is 0 Å². The third kappa shape index (κ3) is 3.46. The van der Waals surface area contributed by atoms with Gasteiger partial charge < -0.3 is 4.74 Å². The zero-order valence-electron chi connectivity index (χ0n) is 14.4. The number of pyridine rings is 1. The number of aromatic nitrogens is 1. The fourth-order valence-electron chi connectivity index (χ4n) is 5.12. The summed E-state index contributed by atoms with van der Waals surface area (Å²) in [5.74, 6) is 2.67. The fraction of sp³-hybridized carbons (Fsp3) is 0.750. The predicted octanol–water partition coefficient (Wildman–Crippen LogP) is 3.46. The van der Waals surface area contributed by atoms with Crippen LogP contribution in [0.15, 0.2) is 18.3 Å². The van der Waals surface area contributed by atoms with E-state index in [0.29, 0.717) is 0 Å². The molecule has 3 heteroatoms. The number of likely N-dealkylation sites (tertiary alicyclic amines) is 1. The van der Waals surface area contributed by atoms with Gasteiger partial charge in [-0.3, -0.25) is 9.88 Å². The van der Waals surface area contributed by atoms with Gasteiger partial charge in [0.1, 0.15) is 0 Å². The van der Waals surface area contributed by atoms with Crippen LogP contribution in [0.25, 0.3) is 0 Å². The minimum Gasteiger partial charge on any atom is -0.381 e. The largest absolute Gasteiger partial charge is 0.381 e. The van der Waals surface area contributed by atoms with Crippen molar-refractivity contribution >= 4 is 0 Å². The Morgan fingerprint density at radius 1 is 1.13 bits per heavy atom. The fourth-order valence-corrected chi connectivity index (χ4v) is 5.12. The van der Waals surface area contributed by atoms with Crippen molar-refractivity contribution in [1.29, 1.82) is 0 Å². The Balaban J connectivity index is 1.42. The average molecular weight is 314 g/mol. The Hall–Kier alpha value is -0.930. The normalized spacial score (nSPS) is 32.8. The van der Waals surface area contributed by atoms with E-state index in [-0.39, 0.29) is 0 Å². The van der Waals surface area contributed by atoms with Gasteiger partial charge in [0.15, 0.2) is 0 Å². The highest BCUT2D eigenvalue weighted by molar-refractivity contribution is 5.13. The second-order valence-corrected chi connectivity index (χ2v) is 7.94. The highest BCUT2D eigenvalue weighted by Gasteiger charge is 2.42. The minimum absolute atomic E-state index is 0.785. The summed E-state index contributed by atoms with van der Waals surface area (Å²) in [6, 6.07) is 5.24. The smallest absolute Gasteiger partial charge is 0.0480 e. The van der Waals surface area contributed by atoms with E-state index < -0.39 is 0 Å². The summed E-state index contributed by atoms with van der Waals surface area (Å²) in [6.07, 6.45) is 9.95. The average Bonchev–Trinajstić information content (AvgIpc) is 3.03. The first-order valence-corrected chi connectivity index (χ1v) is 9.53. The van der Waals surface area contributed by atoms with E-state index in [1.807, 2.05) is 6.20 Å². The van der Waals surface area contributed by atoms with Crippen LogP contribution >= 0.6 is 0 Å². The standard InChI is InChI=1S/C20H30N2O/c1-15-5-6-18(21-12-15)11-16-3-2-4-17-13-22(14-20(16)17)19-7-9-23-10-8-19/h5-6,12,16-17,19-20H,2-4,7-11,13-14H2,1H3/t16-,17+,20+/m1/s1. The molecule has 126 valence electrons. The summed E-state index contributed by atoms with van der Waals surface area (Å²) in [4.78, 5) is 7.47. The van der Waals surface area contributed by atoms with Gasteiger partial charge in [-0.1, -0.05) is 12.5 Å². The maximum absolute atomic E-state index is 5.55. The number of rotatable bonds is 3. The Morgan fingerprint density at radius 2 is 2.00 bits per heavy atom. The molecular weight excluding hydrogens is 284 g/mol. The van der Waals surface area contributed by atoms with Crippen LogP contribution in [0.2, 0.25) is 0 Å². The van der Waals surface area contributed by atoms with Gasteiger partial charge in [0.25, 0.3) is 0 Å². The van der Waals surface area contributed by atoms with Crippen molar-refractivity contribution in [3.63, 3.8) is 0 Å². The van der Waals surface area contributed by atoms with Gasteiger partial charge in [-0.25, -0.2) is 0 Å². The molecule has 0 amide bonds. The molecule has 3 fully saturated rings. The monoisotopic (exact) mass is 314 g/mol. The van der Waals surface area contributed by atoms with E-state index in [1.165, 1.54) is 62.9 Å². The number of hydrogen-bond donors (Lipinski definition) is 0. The summed E-state index contributed by atoms with van der Waals surface area (Å²) in [5, 5.41) is 0. The summed E-state index contributed by atoms with van der Waals surface area (Å²) >= 11 is 0. The van der Waals surface area contributed by atoms with Crippen molar-refractivity contribution < 1.29 is 4.74 Å². The molecule has 3 atom stereocenters. The summed E-state index contributed by atoms with van der Waals surface area (Å²) in [6.45, 7) is 6.72. The SMILES string of the molecule is Cc1ccc(C[C@H]2CCC[C@H]3CN(C4CCOCC4)C[C@@H]23)nc1. The molecule has 1 aliphatic carbocycles. The van der Waals surface area contributed by atoms with Crippen LogP contribution in [-0.4, -0.2) is 42.2 Å². The molecule has 3 nitrogen and oxygen atoms in total. The number of aryl methyl sites for hydroxylation is 1. The molecule has 0 radical (unpaired) electrons. The molecule has 0 bridgehead atoms. The van der Waals surface area contributed by atoms with Gasteiger partial charge in [-0.05, 0) is 68.4 Å². The van der Waals surface area contributed by atoms with Crippen LogP contribution in [0.3, 0.4) is 0 Å². The van der Waals surface area contributed by atoms with E-state index >= 15 is 0 Å². The van der Waals surface area contributed by atoms with Gasteiger partial charge in [-0.15, -0.1) is 0 Å². The second-order valence-electron chi connectivity index (χ2n) is 7.94. The lowest BCUT2D eigenvalue weighted by molar-refractivity contribution is 0.0399. The van der Waals surface area contributed by atoms with Gasteiger partial charge >= 0.3 is 0 Å². The molecule has 0 aromatic carbocycles. The van der Waals surface area contributed by atoms with Crippen LogP contribution in [-0.2, 0) is 11.2 Å². The maximum atomic E-state index is 5.55. The van der Waals surface area contributed by atoms with E-state index in [1.54, 1.807) is 0 Å². The van der Waals surface area contributed by atoms with Crippen molar-refractivity contribution in [1.82, 2.24) is 9.88 Å². The molecule has 0 unspecified atom stereocenters. The number of ether oxygens (including phenoxy) is 1. The van der Waals surface area contributed by atoms with Gasteiger partial charge in [0.2, 0.25) is 0 Å². The molecule has 4 rings (SSSR count). The Kier molecular flexibility index (Phi) is 4.68. The number of hydrogen-bond acceptors (Lipinski definition) is 3. The minimum atomic E-state index is 0.785. The number of fused-ring (bicyclic) bond motifs is 1. The van der Waals surface area contributed by atoms with Crippen LogP contribution in [0.4, 0.5) is 0 Å². The molecule has 0 N–H and O–H groups in total. The number of nitrogens with zero attached hydrogens (tertiary/aromatic N) is 2. The van der Waals surface area contributed by atoms with Gasteiger partial charge in [-0.2, -0.15) is 0 Å². The summed E-state index contributed by atoms with van der Waals surface area (Å²) < 4.78 is 5.55. The molecule has 1 saturated carbocycles. The van der Waals surface area contributed by atoms with Crippen LogP contribution < -0.4 is 0 Å². The third-order valence-electron chi connectivity index (χ3n) is 6.43. The van der Waals surface area contributed by atoms with Crippen LogP contribution in [0.5, 0.6) is 0 Å². The molecule has 3 heterocycles. The molecule has 2 saturated heterocycles. The van der Waals surface area contributed by atoms with Crippen molar-refractivity contribution in [2.24, 2.45) is 17.8 Å². The van der Waals surface area contributed by atoms with E-state index in [2.05, 4.69) is 28.9 Å². The molecule has 3 aliphatic rings. The zero-order chi connectivity index (χ0) is 15.6. The summed E-state index contributed by atoms with van der Waals surface area (Å²) in [5.41, 5.74) is 2.56. The lowest BCUT2D eigenvalue weighted by Crippen LogP contribution is -2.38. The Bertz CT molecular complexity index is 509. The first-order valence-electron chi connectivity index (χ1n) is 9.53. The van der Waals surface area contributed by atoms with Gasteiger partial charge in [0, 0.05) is 44.2 Å². The lowest BCUT2D eigenvalue weighted by Gasteiger charge is -2.33. The Morgan fingerprint density at radius 3 is 2.78 bits per heavy atom. The van der Waals surface area contributed by atoms with Crippen molar-refractivity contribution in [2.45, 2.75) is 51.5 Å². The summed E-state index contributed by atoms with van der Waals surface area (Å²) in [7, 11) is 0. The molecule has 23 heavy (non-hydrogen) atoms. The predicted molar refractivity (Wildman–Crippen MR) is 92.4 cm³/mol. The maximum Gasteiger partial charge on any atom is 0.0480 e. The van der Waals surface area contributed by atoms with Crippen molar-refractivity contribution in [3.05, 3.63) is 29.6 Å². The van der Waals surface area contributed by atoms with Gasteiger partial charge in [0.05, 0.1) is 0 Å². The molecule has 2 aliphatic heterocycles. The van der Waals surface area contributed by atoms with E-state index in [4.69, 9.17) is 4.74 Å². The quantitative estimate of drug-likeness (QED) is 0.854. The molecule has 1 aromatic rings. The second kappa shape index (κ2) is 6.90. The Labute approximate surface area is 140 Å². The van der Waals surface area contributed by atoms with Crippen LogP contribution in [0.1, 0.15) is 43.4 Å². The highest BCUT2D eigenvalue weighted by atomic mass is 16.5. The topological polar surface area (TPSA) is 25.4 Å². The van der Waals surface area contributed by atoms with Crippen molar-refractivity contribution in [2.75, 3.05) is 26.3 Å². The lowest BCUT2D eigenvalue weighted by atomic mass is 9.72. The molecule has 0 spiro atoms. The molecule has 1 aromatic heterocycles.